The van der Waals surface area contributed by atoms with Gasteiger partial charge < -0.3 is 20.0 Å². The Balaban J connectivity index is 2.21. The van der Waals surface area contributed by atoms with E-state index in [4.69, 9.17) is 0 Å². The lowest BCUT2D eigenvalue weighted by Gasteiger charge is -2.04. The molecule has 0 atom stereocenters. The van der Waals surface area contributed by atoms with E-state index in [2.05, 4.69) is 5.10 Å². The second kappa shape index (κ2) is 4.89. The van der Waals surface area contributed by atoms with Crippen molar-refractivity contribution in [3.8, 4) is 0 Å². The number of nitro groups is 1. The molecule has 0 aliphatic heterocycles. The normalized spacial score (nSPS) is 10.4. The third-order valence-electron chi connectivity index (χ3n) is 2.68. The second-order valence-corrected chi connectivity index (χ2v) is 4.04. The molecule has 0 unspecified atom stereocenters. The maximum atomic E-state index is 10.6. The summed E-state index contributed by atoms with van der Waals surface area (Å²) in [7, 11) is 0. The fourth-order valence-corrected chi connectivity index (χ4v) is 1.66. The lowest BCUT2D eigenvalue weighted by molar-refractivity contribution is -0.389. The van der Waals surface area contributed by atoms with Crippen LogP contribution in [0.4, 0.5) is 5.82 Å². The molecule has 0 aliphatic rings. The van der Waals surface area contributed by atoms with Gasteiger partial charge in [0.25, 0.3) is 0 Å². The zero-order chi connectivity index (χ0) is 14.0. The van der Waals surface area contributed by atoms with Gasteiger partial charge in [-0.25, -0.2) is 0 Å². The first-order chi connectivity index (χ1) is 8.97. The minimum absolute atomic E-state index is 0.0897. The Labute approximate surface area is 108 Å². The van der Waals surface area contributed by atoms with Crippen LogP contribution in [0.5, 0.6) is 0 Å². The van der Waals surface area contributed by atoms with Crippen molar-refractivity contribution >= 4 is 11.8 Å². The summed E-state index contributed by atoms with van der Waals surface area (Å²) >= 11 is 0. The molecule has 0 aliphatic carbocycles. The molecule has 2 aromatic rings. The highest BCUT2D eigenvalue weighted by Gasteiger charge is 2.15. The molecule has 0 fully saturated rings. The van der Waals surface area contributed by atoms with Gasteiger partial charge in [0.15, 0.2) is 0 Å². The minimum Gasteiger partial charge on any atom is -0.545 e. The van der Waals surface area contributed by atoms with Gasteiger partial charge >= 0.3 is 5.82 Å². The standard InChI is InChI=1S/C12H11N3O4/c1-8-6-11(15(18)19)13-14(8)7-9-2-4-10(5-3-9)12(16)17/h2-6H,7H2,1H3,(H,16,17)/p-1. The van der Waals surface area contributed by atoms with Crippen molar-refractivity contribution in [3.05, 3.63) is 57.3 Å². The van der Waals surface area contributed by atoms with Crippen LogP contribution in [0, 0.1) is 17.0 Å². The van der Waals surface area contributed by atoms with Crippen molar-refractivity contribution in [2.24, 2.45) is 0 Å². The quantitative estimate of drug-likeness (QED) is 0.588. The fourth-order valence-electron chi connectivity index (χ4n) is 1.66. The summed E-state index contributed by atoms with van der Waals surface area (Å²) in [5, 5.41) is 25.0. The van der Waals surface area contributed by atoms with E-state index in [1.807, 2.05) is 0 Å². The summed E-state index contributed by atoms with van der Waals surface area (Å²) in [6, 6.07) is 7.49. The zero-order valence-corrected chi connectivity index (χ0v) is 10.1. The minimum atomic E-state index is -1.24. The van der Waals surface area contributed by atoms with Gasteiger partial charge in [-0.1, -0.05) is 24.3 Å². The first-order valence-corrected chi connectivity index (χ1v) is 5.46. The third-order valence-corrected chi connectivity index (χ3v) is 2.68. The smallest absolute Gasteiger partial charge is 0.390 e. The SMILES string of the molecule is Cc1cc([N+](=O)[O-])nn1Cc1ccc(C(=O)[O-])cc1. The summed E-state index contributed by atoms with van der Waals surface area (Å²) in [5.41, 5.74) is 1.55. The molecular weight excluding hydrogens is 250 g/mol. The monoisotopic (exact) mass is 260 g/mol. The molecular formula is C12H10N3O4-. The number of hydrogen-bond donors (Lipinski definition) is 0. The van der Waals surface area contributed by atoms with E-state index in [1.165, 1.54) is 22.9 Å². The van der Waals surface area contributed by atoms with Crippen molar-refractivity contribution < 1.29 is 14.8 Å². The Hall–Kier alpha value is -2.70. The molecule has 0 bridgehead atoms. The molecule has 1 heterocycles. The molecule has 98 valence electrons. The maximum Gasteiger partial charge on any atom is 0.390 e. The topological polar surface area (TPSA) is 101 Å². The van der Waals surface area contributed by atoms with E-state index in [9.17, 15) is 20.0 Å². The van der Waals surface area contributed by atoms with Crippen molar-refractivity contribution in [1.29, 1.82) is 0 Å². The van der Waals surface area contributed by atoms with Gasteiger partial charge in [0.1, 0.15) is 0 Å². The number of rotatable bonds is 4. The van der Waals surface area contributed by atoms with Crippen LogP contribution in [0.2, 0.25) is 0 Å². The highest BCUT2D eigenvalue weighted by Crippen LogP contribution is 2.13. The lowest BCUT2D eigenvalue weighted by atomic mass is 10.1. The van der Waals surface area contributed by atoms with E-state index >= 15 is 0 Å². The average molecular weight is 260 g/mol. The van der Waals surface area contributed by atoms with Gasteiger partial charge in [0.05, 0.1) is 29.4 Å². The number of carboxylic acid groups (broad SMARTS) is 1. The molecule has 19 heavy (non-hydrogen) atoms. The van der Waals surface area contributed by atoms with Crippen LogP contribution in [0.1, 0.15) is 21.6 Å². The van der Waals surface area contributed by atoms with Crippen molar-refractivity contribution in [2.45, 2.75) is 13.5 Å². The summed E-state index contributed by atoms with van der Waals surface area (Å²) in [6.45, 7) is 2.06. The number of benzene rings is 1. The van der Waals surface area contributed by atoms with Crippen molar-refractivity contribution in [1.82, 2.24) is 9.78 Å². The van der Waals surface area contributed by atoms with Gasteiger partial charge in [-0.05, 0) is 23.0 Å². The predicted octanol–water partition coefficient (Wildman–Crippen LogP) is 0.512. The van der Waals surface area contributed by atoms with Gasteiger partial charge in [0.2, 0.25) is 0 Å². The highest BCUT2D eigenvalue weighted by atomic mass is 16.6. The zero-order valence-electron chi connectivity index (χ0n) is 10.1. The predicted molar refractivity (Wildman–Crippen MR) is 63.5 cm³/mol. The van der Waals surface area contributed by atoms with Gasteiger partial charge in [-0.2, -0.15) is 4.68 Å². The Morgan fingerprint density at radius 3 is 2.47 bits per heavy atom. The number of carbonyl (C=O) groups excluding carboxylic acids is 1. The fraction of sp³-hybridized carbons (Fsp3) is 0.167. The van der Waals surface area contributed by atoms with Crippen molar-refractivity contribution in [3.63, 3.8) is 0 Å². The Morgan fingerprint density at radius 1 is 1.37 bits per heavy atom. The van der Waals surface area contributed by atoms with E-state index in [1.54, 1.807) is 19.1 Å². The van der Waals surface area contributed by atoms with Gasteiger partial charge in [-0.15, -0.1) is 0 Å². The molecule has 1 aromatic heterocycles. The Morgan fingerprint density at radius 2 is 2.00 bits per heavy atom. The van der Waals surface area contributed by atoms with Crippen LogP contribution in [-0.4, -0.2) is 20.7 Å². The van der Waals surface area contributed by atoms with Gasteiger partial charge in [0, 0.05) is 0 Å². The number of hydrogen-bond acceptors (Lipinski definition) is 5. The molecule has 0 amide bonds. The largest absolute Gasteiger partial charge is 0.545 e. The molecule has 0 N–H and O–H groups in total. The summed E-state index contributed by atoms with van der Waals surface area (Å²) in [6.07, 6.45) is 0. The number of carboxylic acids is 1. The first kappa shape index (κ1) is 12.7. The van der Waals surface area contributed by atoms with E-state index in [0.29, 0.717) is 12.2 Å². The number of aromatic nitrogens is 2. The molecule has 7 nitrogen and oxygen atoms in total. The van der Waals surface area contributed by atoms with Crippen LogP contribution < -0.4 is 5.11 Å². The highest BCUT2D eigenvalue weighted by molar-refractivity contribution is 5.85. The molecule has 2 rings (SSSR count). The van der Waals surface area contributed by atoms with Crippen LogP contribution in [-0.2, 0) is 6.54 Å². The summed E-state index contributed by atoms with van der Waals surface area (Å²) < 4.78 is 1.49. The summed E-state index contributed by atoms with van der Waals surface area (Å²) in [5.74, 6) is -1.44. The second-order valence-electron chi connectivity index (χ2n) is 4.04. The number of carbonyl (C=O) groups is 1. The summed E-state index contributed by atoms with van der Waals surface area (Å²) in [4.78, 5) is 20.6. The maximum absolute atomic E-state index is 10.6. The molecule has 1 aromatic carbocycles. The third kappa shape index (κ3) is 2.76. The molecule has 0 radical (unpaired) electrons. The Kier molecular flexibility index (Phi) is 3.28. The molecule has 0 spiro atoms. The van der Waals surface area contributed by atoms with Gasteiger partial charge in [-0.3, -0.25) is 0 Å². The van der Waals surface area contributed by atoms with Crippen LogP contribution in [0.15, 0.2) is 30.3 Å². The molecule has 0 saturated carbocycles. The Bertz CT molecular complexity index is 631. The van der Waals surface area contributed by atoms with Crippen LogP contribution >= 0.6 is 0 Å². The average Bonchev–Trinajstić information content (AvgIpc) is 2.72. The van der Waals surface area contributed by atoms with E-state index < -0.39 is 10.9 Å². The molecule has 0 saturated heterocycles. The number of nitrogens with zero attached hydrogens (tertiary/aromatic N) is 3. The number of aromatic carboxylic acids is 1. The van der Waals surface area contributed by atoms with Crippen LogP contribution in [0.25, 0.3) is 0 Å². The van der Waals surface area contributed by atoms with Crippen molar-refractivity contribution in [2.75, 3.05) is 0 Å². The lowest BCUT2D eigenvalue weighted by Crippen LogP contribution is -2.22. The van der Waals surface area contributed by atoms with E-state index in [-0.39, 0.29) is 11.4 Å². The van der Waals surface area contributed by atoms with E-state index in [0.717, 1.165) is 5.56 Å². The first-order valence-electron chi connectivity index (χ1n) is 5.46. The van der Waals surface area contributed by atoms with Crippen LogP contribution in [0.3, 0.4) is 0 Å². The molecule has 7 heteroatoms. The number of aryl methyl sites for hydroxylation is 1.